The van der Waals surface area contributed by atoms with E-state index in [1.165, 1.54) is 12.1 Å². The van der Waals surface area contributed by atoms with Crippen molar-refractivity contribution in [2.75, 3.05) is 0 Å². The summed E-state index contributed by atoms with van der Waals surface area (Å²) >= 11 is 0. The van der Waals surface area contributed by atoms with Gasteiger partial charge in [-0.2, -0.15) is 0 Å². The number of ether oxygens (including phenoxy) is 1. The Morgan fingerprint density at radius 3 is 2.33 bits per heavy atom. The van der Waals surface area contributed by atoms with E-state index in [2.05, 4.69) is 14.8 Å². The molecule has 4 nitrogen and oxygen atoms in total. The van der Waals surface area contributed by atoms with E-state index in [1.54, 1.807) is 0 Å². The van der Waals surface area contributed by atoms with Gasteiger partial charge >= 0.3 is 6.36 Å². The summed E-state index contributed by atoms with van der Waals surface area (Å²) in [5.41, 5.74) is 8.63. The first-order valence-electron chi connectivity index (χ1n) is 3.87. The first-order valence-corrected chi connectivity index (χ1v) is 3.87. The maximum absolute atomic E-state index is 11.8. The Bertz CT molecular complexity index is 368. The van der Waals surface area contributed by atoms with Gasteiger partial charge in [-0.05, 0) is 23.2 Å². The van der Waals surface area contributed by atoms with Gasteiger partial charge in [0.1, 0.15) is 5.75 Å². The van der Waals surface area contributed by atoms with Gasteiger partial charge in [0.15, 0.2) is 0 Å². The lowest BCUT2D eigenvalue weighted by molar-refractivity contribution is -0.274. The number of azide groups is 1. The van der Waals surface area contributed by atoms with E-state index in [0.29, 0.717) is 5.56 Å². The van der Waals surface area contributed by atoms with Crippen molar-refractivity contribution in [1.29, 1.82) is 0 Å². The number of alkyl halides is 3. The fourth-order valence-electron chi connectivity index (χ4n) is 0.910. The van der Waals surface area contributed by atoms with Gasteiger partial charge in [0.2, 0.25) is 0 Å². The lowest BCUT2D eigenvalue weighted by Crippen LogP contribution is -2.16. The van der Waals surface area contributed by atoms with Crippen LogP contribution in [0.15, 0.2) is 29.4 Å². The minimum atomic E-state index is -4.69. The zero-order valence-corrected chi connectivity index (χ0v) is 7.40. The molecule has 0 unspecified atom stereocenters. The Morgan fingerprint density at radius 2 is 1.87 bits per heavy atom. The van der Waals surface area contributed by atoms with Crippen LogP contribution in [-0.2, 0) is 6.54 Å². The van der Waals surface area contributed by atoms with Crippen LogP contribution in [0, 0.1) is 0 Å². The molecule has 0 fully saturated rings. The van der Waals surface area contributed by atoms with Crippen LogP contribution in [0.2, 0.25) is 0 Å². The fourth-order valence-corrected chi connectivity index (χ4v) is 0.910. The highest BCUT2D eigenvalue weighted by Gasteiger charge is 2.30. The van der Waals surface area contributed by atoms with E-state index in [9.17, 15) is 13.2 Å². The lowest BCUT2D eigenvalue weighted by Gasteiger charge is -2.08. The quantitative estimate of drug-likeness (QED) is 0.434. The van der Waals surface area contributed by atoms with Crippen LogP contribution >= 0.6 is 0 Å². The molecule has 7 heteroatoms. The normalized spacial score (nSPS) is 10.6. The molecular formula is C8H6F3N3O. The zero-order chi connectivity index (χ0) is 11.3. The summed E-state index contributed by atoms with van der Waals surface area (Å²) in [5.74, 6) is -0.299. The highest BCUT2D eigenvalue weighted by atomic mass is 19.4. The number of hydrogen-bond acceptors (Lipinski definition) is 2. The van der Waals surface area contributed by atoms with Crippen molar-refractivity contribution in [3.8, 4) is 5.75 Å². The number of hydrogen-bond donors (Lipinski definition) is 0. The molecule has 0 aliphatic rings. The molecule has 0 N–H and O–H groups in total. The van der Waals surface area contributed by atoms with Crippen LogP contribution < -0.4 is 4.74 Å². The Morgan fingerprint density at radius 1 is 1.27 bits per heavy atom. The molecule has 0 aliphatic heterocycles. The molecule has 1 aromatic rings. The molecule has 0 heterocycles. The SMILES string of the molecule is [N-]=[N+]=NCc1ccc(OC(F)(F)F)cc1. The molecule has 0 saturated carbocycles. The van der Waals surface area contributed by atoms with Gasteiger partial charge < -0.3 is 4.74 Å². The van der Waals surface area contributed by atoms with E-state index >= 15 is 0 Å². The molecule has 0 bridgehead atoms. The maximum Gasteiger partial charge on any atom is 0.573 e. The molecule has 0 atom stereocenters. The van der Waals surface area contributed by atoms with Crippen molar-refractivity contribution in [3.05, 3.63) is 40.3 Å². The van der Waals surface area contributed by atoms with Crippen molar-refractivity contribution in [2.24, 2.45) is 5.11 Å². The Kier molecular flexibility index (Phi) is 3.41. The van der Waals surface area contributed by atoms with Gasteiger partial charge in [0.25, 0.3) is 0 Å². The second kappa shape index (κ2) is 4.56. The van der Waals surface area contributed by atoms with Crippen LogP contribution in [-0.4, -0.2) is 6.36 Å². The van der Waals surface area contributed by atoms with E-state index in [-0.39, 0.29) is 12.3 Å². The third kappa shape index (κ3) is 4.24. The van der Waals surface area contributed by atoms with Crippen LogP contribution in [0.5, 0.6) is 5.75 Å². The first-order chi connectivity index (χ1) is 7.01. The van der Waals surface area contributed by atoms with Crippen LogP contribution in [0.1, 0.15) is 5.56 Å². The smallest absolute Gasteiger partial charge is 0.406 e. The topological polar surface area (TPSA) is 58.0 Å². The summed E-state index contributed by atoms with van der Waals surface area (Å²) in [6, 6.07) is 5.12. The molecule has 0 aromatic heterocycles. The third-order valence-corrected chi connectivity index (χ3v) is 1.47. The molecule has 1 rings (SSSR count). The van der Waals surface area contributed by atoms with Crippen molar-refractivity contribution >= 4 is 0 Å². The average Bonchev–Trinajstić information content (AvgIpc) is 2.14. The summed E-state index contributed by atoms with van der Waals surface area (Å²) in [4.78, 5) is 2.53. The Labute approximate surface area is 82.9 Å². The Hall–Kier alpha value is -1.88. The minimum Gasteiger partial charge on any atom is -0.406 e. The largest absolute Gasteiger partial charge is 0.573 e. The van der Waals surface area contributed by atoms with Crippen molar-refractivity contribution < 1.29 is 17.9 Å². The highest BCUT2D eigenvalue weighted by Crippen LogP contribution is 2.22. The van der Waals surface area contributed by atoms with Crippen LogP contribution in [0.4, 0.5) is 13.2 Å². The molecular weight excluding hydrogens is 211 g/mol. The van der Waals surface area contributed by atoms with Gasteiger partial charge in [-0.15, -0.1) is 13.2 Å². The summed E-state index contributed by atoms with van der Waals surface area (Å²) in [6.45, 7) is 0.1000. The van der Waals surface area contributed by atoms with E-state index in [0.717, 1.165) is 12.1 Å². The van der Waals surface area contributed by atoms with E-state index in [4.69, 9.17) is 5.53 Å². The first kappa shape index (κ1) is 11.2. The van der Waals surface area contributed by atoms with E-state index in [1.807, 2.05) is 0 Å². The fraction of sp³-hybridized carbons (Fsp3) is 0.250. The van der Waals surface area contributed by atoms with Crippen molar-refractivity contribution in [3.63, 3.8) is 0 Å². The van der Waals surface area contributed by atoms with Crippen molar-refractivity contribution in [1.82, 2.24) is 0 Å². The third-order valence-electron chi connectivity index (χ3n) is 1.47. The molecule has 15 heavy (non-hydrogen) atoms. The molecule has 80 valence electrons. The molecule has 1 aromatic carbocycles. The molecule has 0 amide bonds. The van der Waals surface area contributed by atoms with Gasteiger partial charge in [-0.1, -0.05) is 17.2 Å². The van der Waals surface area contributed by atoms with Gasteiger partial charge in [0.05, 0.1) is 6.54 Å². The monoisotopic (exact) mass is 217 g/mol. The summed E-state index contributed by atoms with van der Waals surface area (Å²) < 4.78 is 38.9. The molecule has 0 radical (unpaired) electrons. The Balaban J connectivity index is 2.68. The number of halogens is 3. The van der Waals surface area contributed by atoms with Crippen LogP contribution in [0.3, 0.4) is 0 Å². The lowest BCUT2D eigenvalue weighted by atomic mass is 10.2. The molecule has 0 aliphatic carbocycles. The predicted molar refractivity (Wildman–Crippen MR) is 46.0 cm³/mol. The molecule has 0 saturated heterocycles. The number of nitrogens with zero attached hydrogens (tertiary/aromatic N) is 3. The zero-order valence-electron chi connectivity index (χ0n) is 7.40. The van der Waals surface area contributed by atoms with Crippen molar-refractivity contribution in [2.45, 2.75) is 12.9 Å². The highest BCUT2D eigenvalue weighted by molar-refractivity contribution is 5.27. The minimum absolute atomic E-state index is 0.1000. The van der Waals surface area contributed by atoms with Gasteiger partial charge in [-0.3, -0.25) is 0 Å². The van der Waals surface area contributed by atoms with Gasteiger partial charge in [0, 0.05) is 4.91 Å². The number of rotatable bonds is 3. The molecule has 0 spiro atoms. The second-order valence-electron chi connectivity index (χ2n) is 2.58. The summed E-state index contributed by atoms with van der Waals surface area (Å²) in [6.07, 6.45) is -4.69. The number of benzene rings is 1. The second-order valence-corrected chi connectivity index (χ2v) is 2.58. The summed E-state index contributed by atoms with van der Waals surface area (Å²) in [5, 5.41) is 3.26. The summed E-state index contributed by atoms with van der Waals surface area (Å²) in [7, 11) is 0. The average molecular weight is 217 g/mol. The maximum atomic E-state index is 11.8. The predicted octanol–water partition coefficient (Wildman–Crippen LogP) is 3.40. The standard InChI is InChI=1S/C8H6F3N3O/c9-8(10,11)15-7-3-1-6(2-4-7)5-13-14-12/h1-4H,5H2. The van der Waals surface area contributed by atoms with E-state index < -0.39 is 6.36 Å². The van der Waals surface area contributed by atoms with Gasteiger partial charge in [-0.25, -0.2) is 0 Å². The van der Waals surface area contributed by atoms with Crippen LogP contribution in [0.25, 0.3) is 10.4 Å².